The van der Waals surface area contributed by atoms with Gasteiger partial charge in [0.2, 0.25) is 0 Å². The maximum absolute atomic E-state index is 12.1. The molecule has 0 aliphatic heterocycles. The Bertz CT molecular complexity index is 1000. The summed E-state index contributed by atoms with van der Waals surface area (Å²) in [5.74, 6) is 1.90. The first-order chi connectivity index (χ1) is 14.1. The summed E-state index contributed by atoms with van der Waals surface area (Å²) < 4.78 is 12.3. The monoisotopic (exact) mass is 411 g/mol. The number of nitrogens with one attached hydrogen (secondary N) is 1. The largest absolute Gasteiger partial charge is 0.493 e. The topological polar surface area (TPSA) is 90.6 Å². The number of rotatable bonds is 8. The number of carbonyl (C=O) groups is 1. The van der Waals surface area contributed by atoms with Crippen LogP contribution in [-0.2, 0) is 11.8 Å². The highest BCUT2D eigenvalue weighted by molar-refractivity contribution is 7.99. The Morgan fingerprint density at radius 2 is 1.90 bits per heavy atom. The van der Waals surface area contributed by atoms with Crippen molar-refractivity contribution in [3.05, 3.63) is 54.1 Å². The quantitative estimate of drug-likeness (QED) is 0.348. The van der Waals surface area contributed by atoms with Gasteiger partial charge in [-0.25, -0.2) is 5.43 Å². The molecule has 3 aromatic rings. The zero-order valence-electron chi connectivity index (χ0n) is 16.3. The molecule has 0 saturated carbocycles. The molecular formula is C20H21N5O3S. The molecule has 0 aliphatic carbocycles. The van der Waals surface area contributed by atoms with Crippen molar-refractivity contribution < 1.29 is 14.3 Å². The Kier molecular flexibility index (Phi) is 6.85. The fourth-order valence-electron chi connectivity index (χ4n) is 2.55. The van der Waals surface area contributed by atoms with Crippen molar-refractivity contribution in [2.24, 2.45) is 12.1 Å². The lowest BCUT2D eigenvalue weighted by molar-refractivity contribution is -0.118. The van der Waals surface area contributed by atoms with Crippen molar-refractivity contribution in [2.45, 2.75) is 5.16 Å². The van der Waals surface area contributed by atoms with E-state index in [1.54, 1.807) is 32.6 Å². The average Bonchev–Trinajstić information content (AvgIpc) is 3.13. The molecule has 9 heteroatoms. The summed E-state index contributed by atoms with van der Waals surface area (Å²) >= 11 is 1.29. The Hall–Kier alpha value is -3.33. The minimum Gasteiger partial charge on any atom is -0.493 e. The van der Waals surface area contributed by atoms with Crippen LogP contribution in [0.3, 0.4) is 0 Å². The molecule has 3 rings (SSSR count). The standard InChI is InChI=1S/C20H21N5O3S/c1-25-19(15-7-5-4-6-8-15)23-24-20(25)29-13-18(26)22-21-12-14-9-10-16(27-2)17(11-14)28-3/h4-12H,13H2,1-3H3,(H,22,26). The minimum absolute atomic E-state index is 0.171. The second kappa shape index (κ2) is 9.74. The lowest BCUT2D eigenvalue weighted by Crippen LogP contribution is -2.19. The van der Waals surface area contributed by atoms with Gasteiger partial charge in [-0.3, -0.25) is 4.79 Å². The van der Waals surface area contributed by atoms with Crippen LogP contribution in [0.4, 0.5) is 0 Å². The molecule has 1 N–H and O–H groups in total. The Labute approximate surface area is 172 Å². The number of carbonyl (C=O) groups excluding carboxylic acids is 1. The summed E-state index contributed by atoms with van der Waals surface area (Å²) in [6.45, 7) is 0. The first kappa shape index (κ1) is 20.4. The second-order valence-corrected chi connectivity index (χ2v) is 6.87. The van der Waals surface area contributed by atoms with Crippen LogP contribution >= 0.6 is 11.8 Å². The molecule has 0 fully saturated rings. The highest BCUT2D eigenvalue weighted by atomic mass is 32.2. The van der Waals surface area contributed by atoms with Gasteiger partial charge >= 0.3 is 0 Å². The molecule has 29 heavy (non-hydrogen) atoms. The summed E-state index contributed by atoms with van der Waals surface area (Å²) in [5.41, 5.74) is 4.25. The molecule has 0 aliphatic rings. The van der Waals surface area contributed by atoms with Crippen molar-refractivity contribution >= 4 is 23.9 Å². The summed E-state index contributed by atoms with van der Waals surface area (Å²) in [7, 11) is 5.01. The van der Waals surface area contributed by atoms with E-state index in [1.165, 1.54) is 11.8 Å². The Morgan fingerprint density at radius 1 is 1.14 bits per heavy atom. The number of amides is 1. The first-order valence-corrected chi connectivity index (χ1v) is 9.72. The third kappa shape index (κ3) is 5.14. The fraction of sp³-hybridized carbons (Fsp3) is 0.200. The Morgan fingerprint density at radius 3 is 2.62 bits per heavy atom. The van der Waals surface area contributed by atoms with E-state index in [9.17, 15) is 4.79 Å². The van der Waals surface area contributed by atoms with Gasteiger partial charge in [-0.1, -0.05) is 42.1 Å². The molecular weight excluding hydrogens is 390 g/mol. The second-order valence-electron chi connectivity index (χ2n) is 5.93. The maximum Gasteiger partial charge on any atom is 0.250 e. The summed E-state index contributed by atoms with van der Waals surface area (Å²) in [4.78, 5) is 12.1. The van der Waals surface area contributed by atoms with Gasteiger partial charge in [0.05, 0.1) is 26.2 Å². The third-order valence-corrected chi connectivity index (χ3v) is 5.03. The van der Waals surface area contributed by atoms with E-state index in [0.717, 1.165) is 17.0 Å². The van der Waals surface area contributed by atoms with Crippen molar-refractivity contribution in [2.75, 3.05) is 20.0 Å². The van der Waals surface area contributed by atoms with E-state index in [1.807, 2.05) is 48.0 Å². The number of aromatic nitrogens is 3. The zero-order chi connectivity index (χ0) is 20.6. The third-order valence-electron chi connectivity index (χ3n) is 4.01. The summed E-state index contributed by atoms with van der Waals surface area (Å²) in [5, 5.41) is 13.0. The molecule has 1 amide bonds. The van der Waals surface area contributed by atoms with Crippen molar-refractivity contribution in [1.29, 1.82) is 0 Å². The molecule has 0 radical (unpaired) electrons. The number of hydrazone groups is 1. The molecule has 8 nitrogen and oxygen atoms in total. The van der Waals surface area contributed by atoms with Gasteiger partial charge in [-0.2, -0.15) is 5.10 Å². The number of hydrogen-bond donors (Lipinski definition) is 1. The smallest absolute Gasteiger partial charge is 0.250 e. The van der Waals surface area contributed by atoms with Crippen LogP contribution in [0, 0.1) is 0 Å². The molecule has 0 saturated heterocycles. The number of hydrogen-bond acceptors (Lipinski definition) is 7. The van der Waals surface area contributed by atoms with Gasteiger partial charge in [-0.15, -0.1) is 10.2 Å². The summed E-state index contributed by atoms with van der Waals surface area (Å²) in [6.07, 6.45) is 1.54. The predicted octanol–water partition coefficient (Wildman–Crippen LogP) is 2.74. The average molecular weight is 411 g/mol. The van der Waals surface area contributed by atoms with Crippen molar-refractivity contribution in [3.63, 3.8) is 0 Å². The molecule has 1 aromatic heterocycles. The minimum atomic E-state index is -0.240. The zero-order valence-corrected chi connectivity index (χ0v) is 17.1. The number of thioether (sulfide) groups is 1. The van der Waals surface area contributed by atoms with E-state index < -0.39 is 0 Å². The molecule has 0 spiro atoms. The SMILES string of the molecule is COc1ccc(C=NNC(=O)CSc2nnc(-c3ccccc3)n2C)cc1OC. The molecule has 2 aromatic carbocycles. The van der Waals surface area contributed by atoms with Crippen LogP contribution < -0.4 is 14.9 Å². The number of methoxy groups -OCH3 is 2. The Balaban J connectivity index is 1.54. The molecule has 0 unspecified atom stereocenters. The van der Waals surface area contributed by atoms with Crippen LogP contribution in [0.1, 0.15) is 5.56 Å². The van der Waals surface area contributed by atoms with Crippen LogP contribution in [0.25, 0.3) is 11.4 Å². The van der Waals surface area contributed by atoms with Crippen LogP contribution in [0.5, 0.6) is 11.5 Å². The number of ether oxygens (including phenoxy) is 2. The fourth-order valence-corrected chi connectivity index (χ4v) is 3.26. The molecule has 0 bridgehead atoms. The van der Waals surface area contributed by atoms with Gasteiger partial charge in [0.1, 0.15) is 0 Å². The normalized spacial score (nSPS) is 10.9. The predicted molar refractivity (Wildman–Crippen MR) is 112 cm³/mol. The number of nitrogens with zero attached hydrogens (tertiary/aromatic N) is 4. The van der Waals surface area contributed by atoms with Crippen LogP contribution in [-0.4, -0.2) is 46.9 Å². The van der Waals surface area contributed by atoms with Gasteiger partial charge in [0.15, 0.2) is 22.5 Å². The first-order valence-electron chi connectivity index (χ1n) is 8.74. The van der Waals surface area contributed by atoms with Gasteiger partial charge in [-0.05, 0) is 23.8 Å². The van der Waals surface area contributed by atoms with Gasteiger partial charge in [0, 0.05) is 12.6 Å². The van der Waals surface area contributed by atoms with E-state index in [0.29, 0.717) is 16.7 Å². The lowest BCUT2D eigenvalue weighted by atomic mass is 10.2. The highest BCUT2D eigenvalue weighted by Gasteiger charge is 2.12. The van der Waals surface area contributed by atoms with E-state index in [2.05, 4.69) is 20.7 Å². The van der Waals surface area contributed by atoms with E-state index >= 15 is 0 Å². The molecule has 1 heterocycles. The van der Waals surface area contributed by atoms with Gasteiger partial charge < -0.3 is 14.0 Å². The van der Waals surface area contributed by atoms with E-state index in [4.69, 9.17) is 9.47 Å². The lowest BCUT2D eigenvalue weighted by Gasteiger charge is -2.07. The number of benzene rings is 2. The van der Waals surface area contributed by atoms with Crippen molar-refractivity contribution in [3.8, 4) is 22.9 Å². The van der Waals surface area contributed by atoms with Crippen LogP contribution in [0.2, 0.25) is 0 Å². The molecule has 0 atom stereocenters. The van der Waals surface area contributed by atoms with Gasteiger partial charge in [0.25, 0.3) is 5.91 Å². The molecule has 150 valence electrons. The van der Waals surface area contributed by atoms with Crippen LogP contribution in [0.15, 0.2) is 58.8 Å². The highest BCUT2D eigenvalue weighted by Crippen LogP contribution is 2.27. The maximum atomic E-state index is 12.1. The van der Waals surface area contributed by atoms with Crippen molar-refractivity contribution in [1.82, 2.24) is 20.2 Å². The summed E-state index contributed by atoms with van der Waals surface area (Å²) in [6, 6.07) is 15.1. The van der Waals surface area contributed by atoms with E-state index in [-0.39, 0.29) is 11.7 Å².